The molecule has 2 nitrogen and oxygen atoms in total. The van der Waals surface area contributed by atoms with E-state index in [9.17, 15) is 0 Å². The van der Waals surface area contributed by atoms with E-state index >= 15 is 0 Å². The van der Waals surface area contributed by atoms with Gasteiger partial charge >= 0.3 is 0 Å². The highest BCUT2D eigenvalue weighted by molar-refractivity contribution is 6.29. The lowest BCUT2D eigenvalue weighted by atomic mass is 10.3. The van der Waals surface area contributed by atoms with Gasteiger partial charge in [-0.25, -0.2) is 4.98 Å². The van der Waals surface area contributed by atoms with Crippen LogP contribution in [0.2, 0.25) is 5.15 Å². The first-order chi connectivity index (χ1) is 7.33. The zero-order chi connectivity index (χ0) is 10.3. The van der Waals surface area contributed by atoms with E-state index in [0.29, 0.717) is 5.15 Å². The lowest BCUT2D eigenvalue weighted by molar-refractivity contribution is 0.718. The minimum atomic E-state index is 0.606. The van der Waals surface area contributed by atoms with E-state index < -0.39 is 0 Å². The standard InChI is InChI=1S/C12H15ClN2/c13-12-7-11(5-6-14-12)15(10-3-4-10)8-9-1-2-9/h5-7,9-10H,1-4,8H2. The second-order valence-electron chi connectivity index (χ2n) is 4.66. The Morgan fingerprint density at radius 2 is 2.13 bits per heavy atom. The summed E-state index contributed by atoms with van der Waals surface area (Å²) in [7, 11) is 0. The molecule has 0 atom stereocenters. The van der Waals surface area contributed by atoms with E-state index in [-0.39, 0.29) is 0 Å². The number of anilines is 1. The van der Waals surface area contributed by atoms with Gasteiger partial charge in [-0.15, -0.1) is 0 Å². The zero-order valence-corrected chi connectivity index (χ0v) is 9.45. The number of hydrogen-bond acceptors (Lipinski definition) is 2. The molecule has 0 N–H and O–H groups in total. The third-order valence-corrected chi connectivity index (χ3v) is 3.39. The van der Waals surface area contributed by atoms with Crippen molar-refractivity contribution in [3.8, 4) is 0 Å². The number of aromatic nitrogens is 1. The topological polar surface area (TPSA) is 16.1 Å². The van der Waals surface area contributed by atoms with Crippen molar-refractivity contribution in [1.82, 2.24) is 4.98 Å². The number of hydrogen-bond donors (Lipinski definition) is 0. The fourth-order valence-corrected chi connectivity index (χ4v) is 2.17. The molecule has 3 rings (SSSR count). The van der Waals surface area contributed by atoms with Gasteiger partial charge in [-0.05, 0) is 43.7 Å². The Morgan fingerprint density at radius 3 is 2.73 bits per heavy atom. The summed E-state index contributed by atoms with van der Waals surface area (Å²) in [6.07, 6.45) is 7.29. The quantitative estimate of drug-likeness (QED) is 0.728. The molecule has 0 bridgehead atoms. The maximum Gasteiger partial charge on any atom is 0.131 e. The van der Waals surface area contributed by atoms with Crippen molar-refractivity contribution < 1.29 is 0 Å². The fourth-order valence-electron chi connectivity index (χ4n) is 2.00. The van der Waals surface area contributed by atoms with E-state index in [1.54, 1.807) is 6.20 Å². The Hall–Kier alpha value is -0.760. The van der Waals surface area contributed by atoms with Crippen LogP contribution >= 0.6 is 11.6 Å². The van der Waals surface area contributed by atoms with Crippen LogP contribution in [0, 0.1) is 5.92 Å². The number of pyridine rings is 1. The molecule has 80 valence electrons. The molecule has 1 heterocycles. The average molecular weight is 223 g/mol. The minimum Gasteiger partial charge on any atom is -0.368 e. The molecule has 2 aliphatic rings. The maximum absolute atomic E-state index is 5.93. The average Bonchev–Trinajstić information content (AvgIpc) is 3.08. The molecule has 0 aromatic carbocycles. The normalized spacial score (nSPS) is 20.3. The molecule has 2 saturated carbocycles. The van der Waals surface area contributed by atoms with Crippen LogP contribution in [0.3, 0.4) is 0 Å². The highest BCUT2D eigenvalue weighted by atomic mass is 35.5. The molecule has 1 aromatic rings. The molecule has 15 heavy (non-hydrogen) atoms. The summed E-state index contributed by atoms with van der Waals surface area (Å²) in [5.41, 5.74) is 1.25. The highest BCUT2D eigenvalue weighted by Gasteiger charge is 2.33. The first-order valence-corrected chi connectivity index (χ1v) is 6.09. The van der Waals surface area contributed by atoms with Crippen molar-refractivity contribution in [2.45, 2.75) is 31.7 Å². The number of rotatable bonds is 4. The predicted molar refractivity (Wildman–Crippen MR) is 62.3 cm³/mol. The molecular formula is C12H15ClN2. The number of halogens is 1. The highest BCUT2D eigenvalue weighted by Crippen LogP contribution is 2.37. The van der Waals surface area contributed by atoms with Gasteiger partial charge in [-0.2, -0.15) is 0 Å². The van der Waals surface area contributed by atoms with Gasteiger partial charge in [0.25, 0.3) is 0 Å². The first kappa shape index (κ1) is 9.46. The van der Waals surface area contributed by atoms with Crippen LogP contribution in [0.15, 0.2) is 18.3 Å². The Labute approximate surface area is 95.3 Å². The summed E-state index contributed by atoms with van der Waals surface area (Å²) < 4.78 is 0. The molecule has 3 heteroatoms. The molecular weight excluding hydrogens is 208 g/mol. The largest absolute Gasteiger partial charge is 0.368 e. The monoisotopic (exact) mass is 222 g/mol. The van der Waals surface area contributed by atoms with Gasteiger partial charge in [0.1, 0.15) is 5.15 Å². The van der Waals surface area contributed by atoms with Crippen LogP contribution < -0.4 is 4.90 Å². The first-order valence-electron chi connectivity index (χ1n) is 5.71. The van der Waals surface area contributed by atoms with Crippen molar-refractivity contribution in [3.63, 3.8) is 0 Å². The summed E-state index contributed by atoms with van der Waals surface area (Å²) >= 11 is 5.93. The Morgan fingerprint density at radius 1 is 1.33 bits per heavy atom. The third kappa shape index (κ3) is 2.25. The summed E-state index contributed by atoms with van der Waals surface area (Å²) in [6.45, 7) is 1.21. The van der Waals surface area contributed by atoms with E-state index in [4.69, 9.17) is 11.6 Å². The van der Waals surface area contributed by atoms with Crippen LogP contribution in [0.25, 0.3) is 0 Å². The van der Waals surface area contributed by atoms with Crippen LogP contribution in [-0.2, 0) is 0 Å². The van der Waals surface area contributed by atoms with Crippen molar-refractivity contribution in [2.75, 3.05) is 11.4 Å². The Bertz CT molecular complexity index is 358. The van der Waals surface area contributed by atoms with E-state index in [2.05, 4.69) is 16.0 Å². The van der Waals surface area contributed by atoms with Crippen molar-refractivity contribution in [2.24, 2.45) is 5.92 Å². The van der Waals surface area contributed by atoms with Crippen molar-refractivity contribution in [3.05, 3.63) is 23.5 Å². The van der Waals surface area contributed by atoms with Crippen LogP contribution in [0.1, 0.15) is 25.7 Å². The predicted octanol–water partition coefficient (Wildman–Crippen LogP) is 3.11. The van der Waals surface area contributed by atoms with E-state index in [1.165, 1.54) is 37.9 Å². The van der Waals surface area contributed by atoms with Gasteiger partial charge in [0.15, 0.2) is 0 Å². The lowest BCUT2D eigenvalue weighted by Crippen LogP contribution is -2.27. The Kier molecular flexibility index (Phi) is 2.32. The Balaban J connectivity index is 1.80. The second-order valence-corrected chi connectivity index (χ2v) is 5.05. The molecule has 0 saturated heterocycles. The second kappa shape index (κ2) is 3.67. The summed E-state index contributed by atoms with van der Waals surface area (Å²) in [6, 6.07) is 4.83. The van der Waals surface area contributed by atoms with Gasteiger partial charge in [0.05, 0.1) is 0 Å². The van der Waals surface area contributed by atoms with Gasteiger partial charge < -0.3 is 4.90 Å². The molecule has 2 aliphatic carbocycles. The van der Waals surface area contributed by atoms with Crippen molar-refractivity contribution >= 4 is 17.3 Å². The van der Waals surface area contributed by atoms with Crippen molar-refractivity contribution in [1.29, 1.82) is 0 Å². The van der Waals surface area contributed by atoms with Gasteiger partial charge in [-0.1, -0.05) is 11.6 Å². The van der Waals surface area contributed by atoms with Crippen LogP contribution in [0.5, 0.6) is 0 Å². The van der Waals surface area contributed by atoms with Gasteiger partial charge in [0.2, 0.25) is 0 Å². The summed E-state index contributed by atoms with van der Waals surface area (Å²) in [4.78, 5) is 6.55. The molecule has 0 amide bonds. The minimum absolute atomic E-state index is 0.606. The molecule has 0 radical (unpaired) electrons. The van der Waals surface area contributed by atoms with E-state index in [1.807, 2.05) is 6.07 Å². The van der Waals surface area contributed by atoms with Crippen LogP contribution in [-0.4, -0.2) is 17.6 Å². The molecule has 0 unspecified atom stereocenters. The molecule has 0 spiro atoms. The van der Waals surface area contributed by atoms with E-state index in [0.717, 1.165) is 12.0 Å². The van der Waals surface area contributed by atoms with Gasteiger partial charge in [-0.3, -0.25) is 0 Å². The fraction of sp³-hybridized carbons (Fsp3) is 0.583. The molecule has 0 aliphatic heterocycles. The maximum atomic E-state index is 5.93. The zero-order valence-electron chi connectivity index (χ0n) is 8.69. The summed E-state index contributed by atoms with van der Waals surface area (Å²) in [5.74, 6) is 0.928. The van der Waals surface area contributed by atoms with Crippen LogP contribution in [0.4, 0.5) is 5.69 Å². The van der Waals surface area contributed by atoms with Gasteiger partial charge in [0, 0.05) is 24.5 Å². The summed E-state index contributed by atoms with van der Waals surface area (Å²) in [5, 5.41) is 0.606. The SMILES string of the molecule is Clc1cc(N(CC2CC2)C2CC2)ccn1. The number of nitrogens with zero attached hydrogens (tertiary/aromatic N) is 2. The smallest absolute Gasteiger partial charge is 0.131 e. The third-order valence-electron chi connectivity index (χ3n) is 3.18. The molecule has 1 aromatic heterocycles. The lowest BCUT2D eigenvalue weighted by Gasteiger charge is -2.24. The molecule has 2 fully saturated rings.